The summed E-state index contributed by atoms with van der Waals surface area (Å²) in [5.41, 5.74) is 0. The first-order valence-corrected chi connectivity index (χ1v) is 6.72. The summed E-state index contributed by atoms with van der Waals surface area (Å²) in [4.78, 5) is 24.6. The van der Waals surface area contributed by atoms with E-state index in [0.29, 0.717) is 0 Å². The van der Waals surface area contributed by atoms with Gasteiger partial charge in [-0.1, -0.05) is 0 Å². The Balaban J connectivity index is 2.52. The second kappa shape index (κ2) is 7.10. The quantitative estimate of drug-likeness (QED) is 0.632. The molecular weight excluding hydrogens is 268 g/mol. The molecule has 7 heteroatoms. The maximum Gasteiger partial charge on any atom is 0.326 e. The predicted octanol–water partition coefficient (Wildman–Crippen LogP) is 1.25. The molecule has 0 aromatic carbocycles. The summed E-state index contributed by atoms with van der Waals surface area (Å²) in [7, 11) is 0. The number of carbonyl (C=O) groups is 2. The lowest BCUT2D eigenvalue weighted by Gasteiger charge is -2.17. The molecule has 106 valence electrons. The van der Waals surface area contributed by atoms with E-state index in [1.165, 1.54) is 0 Å². The maximum atomic E-state index is 11.7. The molecule has 0 aliphatic carbocycles. The number of aliphatic carboxylic acids is 1. The topological polar surface area (TPSA) is 98.7 Å². The Kier molecular flexibility index (Phi) is 5.78. The molecule has 0 saturated carbocycles. The molecule has 1 heterocycles. The van der Waals surface area contributed by atoms with Gasteiger partial charge in [0.15, 0.2) is 0 Å². The molecule has 0 bridgehead atoms. The summed E-state index contributed by atoms with van der Waals surface area (Å²) in [6.07, 6.45) is -0.0186. The summed E-state index contributed by atoms with van der Waals surface area (Å²) >= 11 is 1.57. The lowest BCUT2D eigenvalue weighted by Crippen LogP contribution is -2.46. The third-order valence-electron chi connectivity index (χ3n) is 2.56. The van der Waals surface area contributed by atoms with Crippen molar-refractivity contribution < 1.29 is 19.8 Å². The van der Waals surface area contributed by atoms with E-state index in [0.717, 1.165) is 9.75 Å². The molecule has 1 aromatic heterocycles. The molecule has 0 fully saturated rings. The number of amides is 2. The second-order valence-electron chi connectivity index (χ2n) is 4.19. The molecule has 6 nitrogen and oxygen atoms in total. The van der Waals surface area contributed by atoms with Crippen LogP contribution in [0.15, 0.2) is 12.1 Å². The van der Waals surface area contributed by atoms with Crippen molar-refractivity contribution in [1.82, 2.24) is 10.6 Å². The van der Waals surface area contributed by atoms with Gasteiger partial charge in [-0.05, 0) is 26.0 Å². The zero-order valence-electron chi connectivity index (χ0n) is 10.8. The number of carboxylic acid groups (broad SMARTS) is 1. The summed E-state index contributed by atoms with van der Waals surface area (Å²) in [5.74, 6) is -1.16. The number of aliphatic hydroxyl groups is 1. The molecule has 0 aliphatic heterocycles. The molecule has 2 amide bonds. The number of urea groups is 1. The van der Waals surface area contributed by atoms with Crippen molar-refractivity contribution in [1.29, 1.82) is 0 Å². The lowest BCUT2D eigenvalue weighted by atomic mass is 10.2. The fourth-order valence-corrected chi connectivity index (χ4v) is 2.42. The fraction of sp³-hybridized carbons (Fsp3) is 0.500. The van der Waals surface area contributed by atoms with E-state index in [1.54, 1.807) is 11.3 Å². The largest absolute Gasteiger partial charge is 0.480 e. The number of aliphatic hydroxyl groups excluding tert-OH is 1. The van der Waals surface area contributed by atoms with Crippen molar-refractivity contribution in [3.63, 3.8) is 0 Å². The van der Waals surface area contributed by atoms with E-state index in [9.17, 15) is 9.59 Å². The number of nitrogens with one attached hydrogen (secondary N) is 2. The fourth-order valence-electron chi connectivity index (χ4n) is 1.54. The van der Waals surface area contributed by atoms with Crippen molar-refractivity contribution in [2.45, 2.75) is 32.4 Å². The third kappa shape index (κ3) is 4.88. The minimum Gasteiger partial charge on any atom is -0.480 e. The van der Waals surface area contributed by atoms with E-state index in [4.69, 9.17) is 10.2 Å². The molecule has 0 radical (unpaired) electrons. The highest BCUT2D eigenvalue weighted by atomic mass is 32.1. The van der Waals surface area contributed by atoms with Crippen LogP contribution in [-0.2, 0) is 4.79 Å². The van der Waals surface area contributed by atoms with Crippen molar-refractivity contribution in [3.8, 4) is 0 Å². The Morgan fingerprint density at radius 2 is 2.05 bits per heavy atom. The smallest absolute Gasteiger partial charge is 0.326 e. The first kappa shape index (κ1) is 15.5. The average Bonchev–Trinajstić information content (AvgIpc) is 2.75. The molecule has 0 aliphatic rings. The van der Waals surface area contributed by atoms with Gasteiger partial charge in [0, 0.05) is 22.8 Å². The van der Waals surface area contributed by atoms with Gasteiger partial charge < -0.3 is 20.8 Å². The Morgan fingerprint density at radius 3 is 2.53 bits per heavy atom. The van der Waals surface area contributed by atoms with E-state index < -0.39 is 18.0 Å². The first-order valence-electron chi connectivity index (χ1n) is 5.91. The van der Waals surface area contributed by atoms with Crippen molar-refractivity contribution in [2.75, 3.05) is 6.61 Å². The van der Waals surface area contributed by atoms with Gasteiger partial charge in [0.05, 0.1) is 6.04 Å². The number of carbonyl (C=O) groups excluding carboxylic acids is 1. The number of thiophene rings is 1. The highest BCUT2D eigenvalue weighted by Gasteiger charge is 2.20. The minimum atomic E-state index is -1.16. The van der Waals surface area contributed by atoms with Crippen LogP contribution in [0.2, 0.25) is 0 Å². The van der Waals surface area contributed by atoms with Crippen LogP contribution in [0.5, 0.6) is 0 Å². The standard InChI is InChI=1S/C12H18N2O4S/c1-7-3-4-10(19-7)8(2)13-12(18)14-9(5-6-15)11(16)17/h3-4,8-9,15H,5-6H2,1-2H3,(H,16,17)(H2,13,14,18)/t8?,9-/m1/s1. The molecule has 2 atom stereocenters. The van der Waals surface area contributed by atoms with Gasteiger partial charge in [-0.15, -0.1) is 11.3 Å². The summed E-state index contributed by atoms with van der Waals surface area (Å²) in [5, 5.41) is 22.6. The number of carboxylic acids is 1. The molecule has 1 unspecified atom stereocenters. The Hall–Kier alpha value is -1.60. The Labute approximate surface area is 115 Å². The molecule has 0 saturated heterocycles. The highest BCUT2D eigenvalue weighted by molar-refractivity contribution is 7.12. The monoisotopic (exact) mass is 286 g/mol. The van der Waals surface area contributed by atoms with Gasteiger partial charge in [-0.3, -0.25) is 0 Å². The van der Waals surface area contributed by atoms with Gasteiger partial charge in [-0.2, -0.15) is 0 Å². The van der Waals surface area contributed by atoms with Gasteiger partial charge in [0.25, 0.3) is 0 Å². The van der Waals surface area contributed by atoms with Crippen LogP contribution < -0.4 is 10.6 Å². The van der Waals surface area contributed by atoms with Gasteiger partial charge in [0.1, 0.15) is 6.04 Å². The van der Waals surface area contributed by atoms with E-state index in [1.807, 2.05) is 26.0 Å². The molecular formula is C12H18N2O4S. The zero-order chi connectivity index (χ0) is 14.4. The second-order valence-corrected chi connectivity index (χ2v) is 5.51. The van der Waals surface area contributed by atoms with Gasteiger partial charge in [-0.25, -0.2) is 9.59 Å². The van der Waals surface area contributed by atoms with Crippen molar-refractivity contribution in [3.05, 3.63) is 21.9 Å². The van der Waals surface area contributed by atoms with Crippen LogP contribution in [-0.4, -0.2) is 34.9 Å². The highest BCUT2D eigenvalue weighted by Crippen LogP contribution is 2.21. The predicted molar refractivity (Wildman–Crippen MR) is 72.3 cm³/mol. The first-order chi connectivity index (χ1) is 8.93. The Morgan fingerprint density at radius 1 is 1.37 bits per heavy atom. The number of aryl methyl sites for hydroxylation is 1. The van der Waals surface area contributed by atoms with E-state index in [-0.39, 0.29) is 19.1 Å². The number of hydrogen-bond acceptors (Lipinski definition) is 4. The maximum absolute atomic E-state index is 11.7. The molecule has 0 spiro atoms. The minimum absolute atomic E-state index is 0.0186. The van der Waals surface area contributed by atoms with Gasteiger partial charge in [0.2, 0.25) is 0 Å². The zero-order valence-corrected chi connectivity index (χ0v) is 11.7. The average molecular weight is 286 g/mol. The normalized spacial score (nSPS) is 13.6. The van der Waals surface area contributed by atoms with E-state index >= 15 is 0 Å². The van der Waals surface area contributed by atoms with Crippen LogP contribution in [0.3, 0.4) is 0 Å². The van der Waals surface area contributed by atoms with Crippen LogP contribution >= 0.6 is 11.3 Å². The van der Waals surface area contributed by atoms with E-state index in [2.05, 4.69) is 10.6 Å². The SMILES string of the molecule is Cc1ccc(C(C)NC(=O)N[C@H](CCO)C(=O)O)s1. The number of rotatable bonds is 6. The molecule has 19 heavy (non-hydrogen) atoms. The van der Waals surface area contributed by atoms with Crippen molar-refractivity contribution in [2.24, 2.45) is 0 Å². The molecule has 1 rings (SSSR count). The van der Waals surface area contributed by atoms with Crippen molar-refractivity contribution >= 4 is 23.3 Å². The third-order valence-corrected chi connectivity index (χ3v) is 3.74. The lowest BCUT2D eigenvalue weighted by molar-refractivity contribution is -0.139. The summed E-state index contributed by atoms with van der Waals surface area (Å²) in [6.45, 7) is 3.51. The van der Waals surface area contributed by atoms with Crippen LogP contribution in [0.25, 0.3) is 0 Å². The van der Waals surface area contributed by atoms with Crippen LogP contribution in [0, 0.1) is 6.92 Å². The van der Waals surface area contributed by atoms with Crippen LogP contribution in [0.4, 0.5) is 4.79 Å². The summed E-state index contributed by atoms with van der Waals surface area (Å²) in [6, 6.07) is 2.05. The number of hydrogen-bond donors (Lipinski definition) is 4. The molecule has 1 aromatic rings. The van der Waals surface area contributed by atoms with Crippen LogP contribution in [0.1, 0.15) is 29.1 Å². The van der Waals surface area contributed by atoms with Gasteiger partial charge >= 0.3 is 12.0 Å². The summed E-state index contributed by atoms with van der Waals surface area (Å²) < 4.78 is 0. The molecule has 4 N–H and O–H groups in total. The Bertz CT molecular complexity index is 447.